The van der Waals surface area contributed by atoms with Gasteiger partial charge in [-0.05, 0) is 56.3 Å². The third-order valence-corrected chi connectivity index (χ3v) is 5.19. The van der Waals surface area contributed by atoms with Crippen molar-refractivity contribution in [3.05, 3.63) is 24.3 Å². The van der Waals surface area contributed by atoms with E-state index in [2.05, 4.69) is 42.4 Å². The maximum Gasteiger partial charge on any atom is 0.227 e. The Bertz CT molecular complexity index is 545. The van der Waals surface area contributed by atoms with E-state index in [1.807, 2.05) is 11.0 Å². The molecule has 1 aromatic rings. The summed E-state index contributed by atoms with van der Waals surface area (Å²) in [4.78, 5) is 17.2. The van der Waals surface area contributed by atoms with Crippen LogP contribution < -0.4 is 15.1 Å². The lowest BCUT2D eigenvalue weighted by Gasteiger charge is -2.26. The average Bonchev–Trinajstić information content (AvgIpc) is 2.70. The Labute approximate surface area is 152 Å². The van der Waals surface area contributed by atoms with Gasteiger partial charge >= 0.3 is 0 Å². The van der Waals surface area contributed by atoms with E-state index in [-0.39, 0.29) is 18.3 Å². The second kappa shape index (κ2) is 8.72. The number of anilines is 2. The van der Waals surface area contributed by atoms with Gasteiger partial charge in [-0.1, -0.05) is 19.1 Å². The smallest absolute Gasteiger partial charge is 0.227 e. The van der Waals surface area contributed by atoms with Crippen LogP contribution in [0.4, 0.5) is 11.4 Å². The molecule has 1 N–H and O–H groups in total. The van der Waals surface area contributed by atoms with Crippen LogP contribution in [0.5, 0.6) is 0 Å². The van der Waals surface area contributed by atoms with Gasteiger partial charge in [-0.15, -0.1) is 12.4 Å². The number of carbonyl (C=O) groups excluding carboxylic acids is 1. The summed E-state index contributed by atoms with van der Waals surface area (Å²) in [5.41, 5.74) is 2.25. The third-order valence-electron chi connectivity index (χ3n) is 5.19. The lowest BCUT2D eigenvalue weighted by molar-refractivity contribution is -0.119. The lowest BCUT2D eigenvalue weighted by atomic mass is 9.93. The summed E-state index contributed by atoms with van der Waals surface area (Å²) in [7, 11) is 2.12. The Morgan fingerprint density at radius 2 is 1.83 bits per heavy atom. The Balaban J connectivity index is 0.00000208. The number of rotatable bonds is 3. The van der Waals surface area contributed by atoms with Crippen LogP contribution >= 0.6 is 12.4 Å². The molecule has 1 aromatic carbocycles. The van der Waals surface area contributed by atoms with Crippen LogP contribution in [0.15, 0.2) is 24.3 Å². The van der Waals surface area contributed by atoms with E-state index >= 15 is 0 Å². The highest BCUT2D eigenvalue weighted by atomic mass is 35.5. The molecule has 1 atom stereocenters. The highest BCUT2D eigenvalue weighted by Gasteiger charge is 2.26. The molecule has 2 aliphatic heterocycles. The molecule has 1 unspecified atom stereocenters. The summed E-state index contributed by atoms with van der Waals surface area (Å²) < 4.78 is 0. The maximum absolute atomic E-state index is 12.9. The van der Waals surface area contributed by atoms with Crippen LogP contribution in [0, 0.1) is 11.8 Å². The van der Waals surface area contributed by atoms with Gasteiger partial charge < -0.3 is 15.1 Å². The molecule has 2 aliphatic rings. The van der Waals surface area contributed by atoms with Crippen molar-refractivity contribution in [2.24, 2.45) is 11.8 Å². The van der Waals surface area contributed by atoms with Gasteiger partial charge in [0.15, 0.2) is 0 Å². The summed E-state index contributed by atoms with van der Waals surface area (Å²) in [5.74, 6) is 1.48. The normalized spacial score (nSPS) is 21.7. The van der Waals surface area contributed by atoms with Crippen LogP contribution in [0.25, 0.3) is 0 Å². The minimum atomic E-state index is 0. The summed E-state index contributed by atoms with van der Waals surface area (Å²) in [5, 5.41) is 3.40. The number of hydrogen-bond donors (Lipinski definition) is 1. The number of halogens is 1. The van der Waals surface area contributed by atoms with Gasteiger partial charge in [0, 0.05) is 26.6 Å². The zero-order chi connectivity index (χ0) is 16.2. The van der Waals surface area contributed by atoms with Crippen molar-refractivity contribution < 1.29 is 4.79 Å². The molecular weight excluding hydrogens is 322 g/mol. The van der Waals surface area contributed by atoms with Gasteiger partial charge in [-0.3, -0.25) is 4.79 Å². The molecule has 1 saturated heterocycles. The van der Waals surface area contributed by atoms with Crippen molar-refractivity contribution in [1.29, 1.82) is 0 Å². The first-order chi connectivity index (χ1) is 11.1. The molecule has 0 aliphatic carbocycles. The van der Waals surface area contributed by atoms with E-state index in [4.69, 9.17) is 0 Å². The molecule has 0 bridgehead atoms. The SMILES string of the molecule is CC1CN(C)c2ccccc2N(C(=O)CCC2CCNCC2)C1.Cl. The summed E-state index contributed by atoms with van der Waals surface area (Å²) in [6, 6.07) is 8.31. The first-order valence-electron chi connectivity index (χ1n) is 8.96. The van der Waals surface area contributed by atoms with Crippen molar-refractivity contribution in [3.8, 4) is 0 Å². The van der Waals surface area contributed by atoms with E-state index in [9.17, 15) is 4.79 Å². The van der Waals surface area contributed by atoms with E-state index < -0.39 is 0 Å². The second-order valence-electron chi connectivity index (χ2n) is 7.21. The Morgan fingerprint density at radius 1 is 1.17 bits per heavy atom. The largest absolute Gasteiger partial charge is 0.373 e. The molecule has 24 heavy (non-hydrogen) atoms. The fraction of sp³-hybridized carbons (Fsp3) is 0.632. The molecule has 134 valence electrons. The highest BCUT2D eigenvalue weighted by Crippen LogP contribution is 2.33. The van der Waals surface area contributed by atoms with E-state index in [1.165, 1.54) is 18.5 Å². The fourth-order valence-corrected chi connectivity index (χ4v) is 3.92. The van der Waals surface area contributed by atoms with Crippen LogP contribution in [-0.2, 0) is 4.79 Å². The lowest BCUT2D eigenvalue weighted by Crippen LogP contribution is -2.35. The van der Waals surface area contributed by atoms with E-state index in [1.54, 1.807) is 0 Å². The van der Waals surface area contributed by atoms with Crippen LogP contribution in [0.3, 0.4) is 0 Å². The number of benzene rings is 1. The molecule has 0 radical (unpaired) electrons. The molecule has 0 aromatic heterocycles. The number of carbonyl (C=O) groups is 1. The summed E-state index contributed by atoms with van der Waals surface area (Å²) in [6.45, 7) is 6.26. The van der Waals surface area contributed by atoms with Gasteiger partial charge in [0.2, 0.25) is 5.91 Å². The van der Waals surface area contributed by atoms with Gasteiger partial charge in [-0.2, -0.15) is 0 Å². The third kappa shape index (κ3) is 4.42. The average molecular weight is 352 g/mol. The van der Waals surface area contributed by atoms with Crippen molar-refractivity contribution in [2.45, 2.75) is 32.6 Å². The first-order valence-corrected chi connectivity index (χ1v) is 8.96. The molecule has 2 heterocycles. The van der Waals surface area contributed by atoms with Crippen LogP contribution in [0.2, 0.25) is 0 Å². The van der Waals surface area contributed by atoms with Gasteiger partial charge in [0.05, 0.1) is 11.4 Å². The number of amides is 1. The summed E-state index contributed by atoms with van der Waals surface area (Å²) in [6.07, 6.45) is 4.13. The van der Waals surface area contributed by atoms with Crippen molar-refractivity contribution in [3.63, 3.8) is 0 Å². The van der Waals surface area contributed by atoms with E-state index in [0.29, 0.717) is 18.3 Å². The molecule has 1 fully saturated rings. The van der Waals surface area contributed by atoms with Gasteiger partial charge in [0.25, 0.3) is 0 Å². The molecule has 3 rings (SSSR count). The highest BCUT2D eigenvalue weighted by molar-refractivity contribution is 5.97. The maximum atomic E-state index is 12.9. The monoisotopic (exact) mass is 351 g/mol. The molecular formula is C19H30ClN3O. The van der Waals surface area contributed by atoms with Crippen molar-refractivity contribution in [1.82, 2.24) is 5.32 Å². The standard InChI is InChI=1S/C19H29N3O.ClH/c1-15-13-21(2)17-5-3-4-6-18(17)22(14-15)19(23)8-7-16-9-11-20-12-10-16;/h3-6,15-16,20H,7-14H2,1-2H3;1H. The van der Waals surface area contributed by atoms with Gasteiger partial charge in [0.1, 0.15) is 0 Å². The zero-order valence-electron chi connectivity index (χ0n) is 14.8. The Kier molecular flexibility index (Phi) is 6.93. The quantitative estimate of drug-likeness (QED) is 0.907. The number of para-hydroxylation sites is 2. The summed E-state index contributed by atoms with van der Waals surface area (Å²) >= 11 is 0. The number of fused-ring (bicyclic) bond motifs is 1. The van der Waals surface area contributed by atoms with Crippen molar-refractivity contribution >= 4 is 29.7 Å². The van der Waals surface area contributed by atoms with Crippen molar-refractivity contribution in [2.75, 3.05) is 43.0 Å². The molecule has 0 spiro atoms. The molecule has 1 amide bonds. The fourth-order valence-electron chi connectivity index (χ4n) is 3.92. The first kappa shape index (κ1) is 19.1. The van der Waals surface area contributed by atoms with Crippen LogP contribution in [-0.4, -0.2) is 39.1 Å². The molecule has 0 saturated carbocycles. The second-order valence-corrected chi connectivity index (χ2v) is 7.21. The number of nitrogens with zero attached hydrogens (tertiary/aromatic N) is 2. The molecule has 5 heteroatoms. The Hall–Kier alpha value is -1.26. The number of hydrogen-bond acceptors (Lipinski definition) is 3. The van der Waals surface area contributed by atoms with Gasteiger partial charge in [-0.25, -0.2) is 0 Å². The predicted octanol–water partition coefficient (Wildman–Crippen LogP) is 3.31. The van der Waals surface area contributed by atoms with E-state index in [0.717, 1.165) is 38.3 Å². The van der Waals surface area contributed by atoms with Crippen LogP contribution in [0.1, 0.15) is 32.6 Å². The zero-order valence-corrected chi connectivity index (χ0v) is 15.6. The Morgan fingerprint density at radius 3 is 2.54 bits per heavy atom. The topological polar surface area (TPSA) is 35.6 Å². The minimum Gasteiger partial charge on any atom is -0.373 e. The number of nitrogens with one attached hydrogen (secondary N) is 1. The predicted molar refractivity (Wildman–Crippen MR) is 103 cm³/mol. The minimum absolute atomic E-state index is 0. The number of piperidine rings is 1. The molecule has 4 nitrogen and oxygen atoms in total.